The predicted octanol–water partition coefficient (Wildman–Crippen LogP) is 6.76. The maximum Gasteiger partial charge on any atom is 0.0904 e. The smallest absolute Gasteiger partial charge is 0.0904 e. The topological polar surface area (TPSA) is 16.1 Å². The summed E-state index contributed by atoms with van der Waals surface area (Å²) < 4.78 is 0. The minimum Gasteiger partial charge on any atom is -0.304 e. The molecule has 27 heavy (non-hydrogen) atoms. The summed E-state index contributed by atoms with van der Waals surface area (Å²) in [6.07, 6.45) is 7.61. The van der Waals surface area contributed by atoms with E-state index in [1.807, 2.05) is 11.3 Å². The summed E-state index contributed by atoms with van der Waals surface area (Å²) in [5.74, 6) is 0.670. The van der Waals surface area contributed by atoms with E-state index in [0.717, 1.165) is 6.42 Å². The van der Waals surface area contributed by atoms with Crippen molar-refractivity contribution in [2.45, 2.75) is 73.1 Å². The Balaban J connectivity index is 1.87. The molecule has 1 heterocycles. The molecule has 150 valence electrons. The number of nitrogens with zero attached hydrogens (tertiary/aromatic N) is 2. The Morgan fingerprint density at radius 3 is 2.48 bits per heavy atom. The van der Waals surface area contributed by atoms with Gasteiger partial charge in [-0.15, -0.1) is 11.3 Å². The van der Waals surface area contributed by atoms with E-state index in [4.69, 9.17) is 4.98 Å². The van der Waals surface area contributed by atoms with Crippen LogP contribution in [0.5, 0.6) is 0 Å². The molecule has 0 atom stereocenters. The molecule has 3 heteroatoms. The normalized spacial score (nSPS) is 11.7. The van der Waals surface area contributed by atoms with Crippen LogP contribution in [0, 0.1) is 12.8 Å². The van der Waals surface area contributed by atoms with Gasteiger partial charge >= 0.3 is 0 Å². The Kier molecular flexibility index (Phi) is 9.50. The second kappa shape index (κ2) is 11.6. The van der Waals surface area contributed by atoms with Gasteiger partial charge in [0.25, 0.3) is 0 Å². The van der Waals surface area contributed by atoms with E-state index in [2.05, 4.69) is 63.8 Å². The van der Waals surface area contributed by atoms with Gasteiger partial charge in [-0.25, -0.2) is 4.98 Å². The van der Waals surface area contributed by atoms with E-state index in [9.17, 15) is 0 Å². The lowest BCUT2D eigenvalue weighted by Crippen LogP contribution is -2.23. The van der Waals surface area contributed by atoms with E-state index < -0.39 is 0 Å². The highest BCUT2D eigenvalue weighted by molar-refractivity contribution is 7.12. The Morgan fingerprint density at radius 2 is 1.78 bits per heavy atom. The van der Waals surface area contributed by atoms with Gasteiger partial charge in [0, 0.05) is 10.4 Å². The summed E-state index contributed by atoms with van der Waals surface area (Å²) in [4.78, 5) is 8.80. The van der Waals surface area contributed by atoms with Gasteiger partial charge in [0.2, 0.25) is 0 Å². The highest BCUT2D eigenvalue weighted by Crippen LogP contribution is 2.30. The van der Waals surface area contributed by atoms with Crippen LogP contribution in [0.4, 0.5) is 0 Å². The molecule has 2 rings (SSSR count). The zero-order chi connectivity index (χ0) is 19.6. The molecular formula is C24H38N2S. The zero-order valence-electron chi connectivity index (χ0n) is 18.1. The summed E-state index contributed by atoms with van der Waals surface area (Å²) in [6.45, 7) is 14.8. The van der Waals surface area contributed by atoms with Crippen molar-refractivity contribution >= 4 is 11.3 Å². The lowest BCUT2D eigenvalue weighted by atomic mass is 10.0. The van der Waals surface area contributed by atoms with Crippen LogP contribution in [0.15, 0.2) is 24.3 Å². The summed E-state index contributed by atoms with van der Waals surface area (Å²) in [7, 11) is 0. The van der Waals surface area contributed by atoms with Crippen molar-refractivity contribution in [3.63, 3.8) is 0 Å². The SMILES string of the molecule is CCN(CC)CCCCCCc1cccc(-c2nc(C)sc2CC(C)C)c1. The van der Waals surface area contributed by atoms with Crippen molar-refractivity contribution in [2.24, 2.45) is 5.92 Å². The third kappa shape index (κ3) is 7.38. The molecule has 0 aliphatic rings. The number of hydrogen-bond donors (Lipinski definition) is 0. The van der Waals surface area contributed by atoms with Gasteiger partial charge in [-0.05, 0) is 69.8 Å². The quantitative estimate of drug-likeness (QED) is 0.374. The maximum atomic E-state index is 4.84. The van der Waals surface area contributed by atoms with Crippen LogP contribution in [-0.2, 0) is 12.8 Å². The Morgan fingerprint density at radius 1 is 1.04 bits per heavy atom. The molecule has 2 aromatic rings. The molecular weight excluding hydrogens is 348 g/mol. The third-order valence-electron chi connectivity index (χ3n) is 5.18. The average molecular weight is 387 g/mol. The van der Waals surface area contributed by atoms with Crippen LogP contribution in [0.3, 0.4) is 0 Å². The molecule has 0 aliphatic heterocycles. The minimum absolute atomic E-state index is 0.670. The van der Waals surface area contributed by atoms with Gasteiger partial charge in [-0.2, -0.15) is 0 Å². The van der Waals surface area contributed by atoms with Gasteiger partial charge in [-0.1, -0.05) is 58.7 Å². The van der Waals surface area contributed by atoms with Crippen LogP contribution in [-0.4, -0.2) is 29.5 Å². The van der Waals surface area contributed by atoms with E-state index >= 15 is 0 Å². The summed E-state index contributed by atoms with van der Waals surface area (Å²) in [5, 5.41) is 1.18. The van der Waals surface area contributed by atoms with E-state index in [1.54, 1.807) is 0 Å². The number of rotatable bonds is 12. The number of hydrogen-bond acceptors (Lipinski definition) is 3. The third-order valence-corrected chi connectivity index (χ3v) is 6.18. The summed E-state index contributed by atoms with van der Waals surface area (Å²) in [5.41, 5.74) is 3.97. The summed E-state index contributed by atoms with van der Waals surface area (Å²) >= 11 is 1.86. The molecule has 2 nitrogen and oxygen atoms in total. The van der Waals surface area contributed by atoms with Gasteiger partial charge in [0.05, 0.1) is 10.7 Å². The number of aryl methyl sites for hydroxylation is 2. The monoisotopic (exact) mass is 386 g/mol. The van der Waals surface area contributed by atoms with Crippen LogP contribution in [0.1, 0.15) is 68.8 Å². The first-order valence-corrected chi connectivity index (χ1v) is 11.6. The first kappa shape index (κ1) is 22.1. The van der Waals surface area contributed by atoms with Crippen molar-refractivity contribution in [2.75, 3.05) is 19.6 Å². The van der Waals surface area contributed by atoms with Crippen LogP contribution >= 0.6 is 11.3 Å². The molecule has 0 bridgehead atoms. The maximum absolute atomic E-state index is 4.84. The van der Waals surface area contributed by atoms with Crippen LogP contribution in [0.2, 0.25) is 0 Å². The lowest BCUT2D eigenvalue weighted by molar-refractivity contribution is 0.295. The minimum atomic E-state index is 0.670. The average Bonchev–Trinajstić information content (AvgIpc) is 3.01. The van der Waals surface area contributed by atoms with Gasteiger partial charge in [0.1, 0.15) is 0 Å². The molecule has 1 aromatic carbocycles. The Bertz CT molecular complexity index is 671. The lowest BCUT2D eigenvalue weighted by Gasteiger charge is -2.17. The molecule has 0 N–H and O–H groups in total. The van der Waals surface area contributed by atoms with Crippen molar-refractivity contribution < 1.29 is 0 Å². The second-order valence-corrected chi connectivity index (χ2v) is 9.28. The molecule has 0 unspecified atom stereocenters. The molecule has 0 fully saturated rings. The van der Waals surface area contributed by atoms with Crippen molar-refractivity contribution in [1.29, 1.82) is 0 Å². The van der Waals surface area contributed by atoms with Gasteiger partial charge in [0.15, 0.2) is 0 Å². The van der Waals surface area contributed by atoms with E-state index in [-0.39, 0.29) is 0 Å². The standard InChI is InChI=1S/C24H38N2S/c1-6-26(7-2)16-11-9-8-10-13-21-14-12-15-22(18-21)24-23(17-19(3)4)27-20(5)25-24/h12,14-15,18-19H,6-11,13,16-17H2,1-5H3. The molecule has 0 aliphatic carbocycles. The van der Waals surface area contributed by atoms with Crippen LogP contribution in [0.25, 0.3) is 11.3 Å². The van der Waals surface area contributed by atoms with Crippen molar-refractivity contribution in [3.05, 3.63) is 39.7 Å². The van der Waals surface area contributed by atoms with E-state index in [0.29, 0.717) is 5.92 Å². The van der Waals surface area contributed by atoms with E-state index in [1.165, 1.54) is 78.4 Å². The summed E-state index contributed by atoms with van der Waals surface area (Å²) in [6, 6.07) is 9.08. The Hall–Kier alpha value is -1.19. The molecule has 0 spiro atoms. The first-order valence-electron chi connectivity index (χ1n) is 10.8. The molecule has 1 aromatic heterocycles. The number of benzene rings is 1. The first-order chi connectivity index (χ1) is 13.0. The number of aromatic nitrogens is 1. The van der Waals surface area contributed by atoms with Crippen molar-refractivity contribution in [3.8, 4) is 11.3 Å². The highest BCUT2D eigenvalue weighted by atomic mass is 32.1. The Labute approximate surface area is 171 Å². The molecule has 0 amide bonds. The zero-order valence-corrected chi connectivity index (χ0v) is 18.9. The molecule has 0 saturated carbocycles. The number of thiazole rings is 1. The van der Waals surface area contributed by atoms with Crippen LogP contribution < -0.4 is 0 Å². The predicted molar refractivity (Wildman–Crippen MR) is 121 cm³/mol. The number of unbranched alkanes of at least 4 members (excludes halogenated alkanes) is 3. The largest absolute Gasteiger partial charge is 0.304 e. The fourth-order valence-electron chi connectivity index (χ4n) is 3.64. The molecule has 0 radical (unpaired) electrons. The fraction of sp³-hybridized carbons (Fsp3) is 0.625. The highest BCUT2D eigenvalue weighted by Gasteiger charge is 2.13. The second-order valence-electron chi connectivity index (χ2n) is 7.99. The molecule has 0 saturated heterocycles. The fourth-order valence-corrected chi connectivity index (χ4v) is 4.81. The van der Waals surface area contributed by atoms with Gasteiger partial charge in [-0.3, -0.25) is 0 Å². The van der Waals surface area contributed by atoms with Crippen molar-refractivity contribution in [1.82, 2.24) is 9.88 Å². The van der Waals surface area contributed by atoms with Gasteiger partial charge < -0.3 is 4.90 Å².